The van der Waals surface area contributed by atoms with Crippen molar-refractivity contribution < 1.29 is 9.53 Å². The van der Waals surface area contributed by atoms with Crippen LogP contribution in [-0.2, 0) is 13.3 Å². The fourth-order valence-corrected chi connectivity index (χ4v) is 3.28. The summed E-state index contributed by atoms with van der Waals surface area (Å²) in [7, 11) is 0. The summed E-state index contributed by atoms with van der Waals surface area (Å²) >= 11 is 6.01. The van der Waals surface area contributed by atoms with Gasteiger partial charge in [-0.1, -0.05) is 41.4 Å². The van der Waals surface area contributed by atoms with E-state index in [1.165, 1.54) is 5.56 Å². The van der Waals surface area contributed by atoms with Gasteiger partial charge in [0.1, 0.15) is 12.1 Å². The number of halogens is 1. The number of nitrogens with zero attached hydrogens (tertiary/aromatic N) is 5. The van der Waals surface area contributed by atoms with Gasteiger partial charge in [0.25, 0.3) is 5.91 Å². The van der Waals surface area contributed by atoms with Gasteiger partial charge in [0.05, 0.1) is 6.54 Å². The van der Waals surface area contributed by atoms with E-state index >= 15 is 0 Å². The number of carbonyl (C=O) groups excluding carboxylic acids is 1. The molecule has 0 bridgehead atoms. The van der Waals surface area contributed by atoms with E-state index in [-0.39, 0.29) is 18.4 Å². The van der Waals surface area contributed by atoms with Crippen LogP contribution < -0.4 is 10.1 Å². The minimum absolute atomic E-state index is 0.198. The van der Waals surface area contributed by atoms with E-state index in [9.17, 15) is 4.79 Å². The van der Waals surface area contributed by atoms with Crippen molar-refractivity contribution in [2.45, 2.75) is 27.1 Å². The molecule has 0 saturated carbocycles. The number of aromatic nitrogens is 5. The van der Waals surface area contributed by atoms with Crippen LogP contribution in [0.15, 0.2) is 61.1 Å². The molecule has 4 aromatic rings. The van der Waals surface area contributed by atoms with Crippen LogP contribution in [0.2, 0.25) is 5.02 Å². The summed E-state index contributed by atoms with van der Waals surface area (Å²) in [6.07, 6.45) is 3.23. The van der Waals surface area contributed by atoms with Crippen molar-refractivity contribution in [1.29, 1.82) is 0 Å². The number of hydrogen-bond acceptors (Lipinski definition) is 5. The van der Waals surface area contributed by atoms with E-state index in [0.717, 1.165) is 16.9 Å². The molecule has 0 aliphatic carbocycles. The van der Waals surface area contributed by atoms with Crippen LogP contribution in [0.1, 0.15) is 27.2 Å². The van der Waals surface area contributed by atoms with E-state index in [1.807, 2.05) is 50.2 Å². The van der Waals surface area contributed by atoms with Gasteiger partial charge in [0, 0.05) is 11.2 Å². The van der Waals surface area contributed by atoms with Crippen LogP contribution in [0.5, 0.6) is 5.75 Å². The first-order chi connectivity index (χ1) is 15.0. The minimum Gasteiger partial charge on any atom is -0.471 e. The number of hydrogen-bond donors (Lipinski definition) is 1. The van der Waals surface area contributed by atoms with Gasteiger partial charge >= 0.3 is 0 Å². The van der Waals surface area contributed by atoms with E-state index in [4.69, 9.17) is 16.3 Å². The van der Waals surface area contributed by atoms with Crippen LogP contribution >= 0.6 is 11.6 Å². The first-order valence-corrected chi connectivity index (χ1v) is 10.0. The Balaban J connectivity index is 1.34. The first-order valence-electron chi connectivity index (χ1n) is 9.65. The predicted octanol–water partition coefficient (Wildman–Crippen LogP) is 4.08. The van der Waals surface area contributed by atoms with Crippen molar-refractivity contribution in [3.05, 3.63) is 88.5 Å². The van der Waals surface area contributed by atoms with Gasteiger partial charge in [0.2, 0.25) is 5.95 Å². The molecule has 2 aromatic carbocycles. The second-order valence-corrected chi connectivity index (χ2v) is 7.57. The molecule has 0 aliphatic rings. The maximum atomic E-state index is 12.5. The maximum Gasteiger partial charge on any atom is 0.278 e. The molecule has 2 aromatic heterocycles. The quantitative estimate of drug-likeness (QED) is 0.471. The molecule has 1 amide bonds. The monoisotopic (exact) mass is 436 g/mol. The van der Waals surface area contributed by atoms with E-state index in [1.54, 1.807) is 28.0 Å². The minimum atomic E-state index is -0.397. The average molecular weight is 437 g/mol. The number of nitrogens with one attached hydrogen (secondary N) is 1. The number of ether oxygens (including phenoxy) is 1. The molecule has 0 fully saturated rings. The zero-order chi connectivity index (χ0) is 21.8. The van der Waals surface area contributed by atoms with Crippen molar-refractivity contribution >= 4 is 23.5 Å². The Morgan fingerprint density at radius 1 is 1.10 bits per heavy atom. The first kappa shape index (κ1) is 20.6. The molecule has 158 valence electrons. The molecule has 4 rings (SSSR count). The molecule has 0 spiro atoms. The van der Waals surface area contributed by atoms with E-state index in [0.29, 0.717) is 11.6 Å². The molecular formula is C22H21ClN6O2. The summed E-state index contributed by atoms with van der Waals surface area (Å²) in [4.78, 5) is 16.6. The lowest BCUT2D eigenvalue weighted by molar-refractivity contribution is 0.101. The number of rotatable bonds is 7. The fourth-order valence-electron chi connectivity index (χ4n) is 3.07. The van der Waals surface area contributed by atoms with Gasteiger partial charge in [-0.05, 0) is 49.2 Å². The number of anilines is 1. The predicted molar refractivity (Wildman–Crippen MR) is 117 cm³/mol. The van der Waals surface area contributed by atoms with Crippen LogP contribution in [0, 0.1) is 13.8 Å². The van der Waals surface area contributed by atoms with Crippen LogP contribution in [0.25, 0.3) is 0 Å². The molecular weight excluding hydrogens is 416 g/mol. The Hall–Kier alpha value is -3.65. The Morgan fingerprint density at radius 3 is 2.77 bits per heavy atom. The lowest BCUT2D eigenvalue weighted by Gasteiger charge is -2.09. The van der Waals surface area contributed by atoms with Gasteiger partial charge < -0.3 is 4.74 Å². The third kappa shape index (κ3) is 5.29. The number of carbonyl (C=O) groups is 1. The smallest absolute Gasteiger partial charge is 0.278 e. The molecule has 2 heterocycles. The topological polar surface area (TPSA) is 86.9 Å². The highest BCUT2D eigenvalue weighted by Crippen LogP contribution is 2.19. The number of amides is 1. The molecule has 0 saturated heterocycles. The Morgan fingerprint density at radius 2 is 1.97 bits per heavy atom. The van der Waals surface area contributed by atoms with Crippen molar-refractivity contribution in [1.82, 2.24) is 24.5 Å². The average Bonchev–Trinajstić information content (AvgIpc) is 3.37. The molecule has 0 aliphatic heterocycles. The van der Waals surface area contributed by atoms with E-state index < -0.39 is 5.91 Å². The number of aryl methyl sites for hydroxylation is 2. The molecule has 1 N–H and O–H groups in total. The highest BCUT2D eigenvalue weighted by atomic mass is 35.5. The molecule has 9 heteroatoms. The summed E-state index contributed by atoms with van der Waals surface area (Å²) < 4.78 is 8.97. The van der Waals surface area contributed by atoms with Crippen molar-refractivity contribution in [3.63, 3.8) is 0 Å². The highest BCUT2D eigenvalue weighted by Gasteiger charge is 2.13. The Labute approximate surface area is 184 Å². The van der Waals surface area contributed by atoms with Crippen LogP contribution in [0.3, 0.4) is 0 Å². The zero-order valence-electron chi connectivity index (χ0n) is 17.1. The third-order valence-electron chi connectivity index (χ3n) is 4.55. The van der Waals surface area contributed by atoms with Crippen LogP contribution in [0.4, 0.5) is 5.95 Å². The van der Waals surface area contributed by atoms with Gasteiger partial charge in [-0.3, -0.25) is 10.1 Å². The molecule has 8 nitrogen and oxygen atoms in total. The summed E-state index contributed by atoms with van der Waals surface area (Å²) in [6, 6.07) is 15.1. The molecule has 0 atom stereocenters. The lowest BCUT2D eigenvalue weighted by Crippen LogP contribution is -2.15. The van der Waals surface area contributed by atoms with Crippen molar-refractivity contribution in [3.8, 4) is 5.75 Å². The third-order valence-corrected chi connectivity index (χ3v) is 4.79. The van der Waals surface area contributed by atoms with Crippen molar-refractivity contribution in [2.75, 3.05) is 5.32 Å². The molecule has 0 radical (unpaired) electrons. The fraction of sp³-hybridized carbons (Fsp3) is 0.182. The lowest BCUT2D eigenvalue weighted by atomic mass is 10.1. The van der Waals surface area contributed by atoms with Gasteiger partial charge in [-0.15, -0.1) is 5.10 Å². The second-order valence-electron chi connectivity index (χ2n) is 7.13. The summed E-state index contributed by atoms with van der Waals surface area (Å²) in [5.74, 6) is 0.584. The Kier molecular flexibility index (Phi) is 5.99. The maximum absolute atomic E-state index is 12.5. The van der Waals surface area contributed by atoms with Gasteiger partial charge in [-0.25, -0.2) is 14.3 Å². The second kappa shape index (κ2) is 9.01. The largest absolute Gasteiger partial charge is 0.471 e. The van der Waals surface area contributed by atoms with Gasteiger partial charge in [0.15, 0.2) is 12.4 Å². The Bertz CT molecular complexity index is 1220. The SMILES string of the molecule is Cc1ccc(OCn2ccc(C(=O)Nc3ncn(Cc4cccc(Cl)c4)n3)n2)c(C)c1. The van der Waals surface area contributed by atoms with E-state index in [2.05, 4.69) is 26.6 Å². The van der Waals surface area contributed by atoms with Gasteiger partial charge in [-0.2, -0.15) is 5.10 Å². The number of benzene rings is 2. The highest BCUT2D eigenvalue weighted by molar-refractivity contribution is 6.30. The summed E-state index contributed by atoms with van der Waals surface area (Å²) in [5, 5.41) is 11.8. The molecule has 31 heavy (non-hydrogen) atoms. The molecule has 0 unspecified atom stereocenters. The summed E-state index contributed by atoms with van der Waals surface area (Å²) in [6.45, 7) is 4.71. The standard InChI is InChI=1S/C22H21ClN6O2/c1-15-6-7-20(16(2)10-15)31-14-28-9-8-19(26-28)21(30)25-22-24-13-29(27-22)12-17-4-3-5-18(23)11-17/h3-11,13H,12,14H2,1-2H3,(H,25,27,30). The normalized spacial score (nSPS) is 10.8. The zero-order valence-corrected chi connectivity index (χ0v) is 17.9. The van der Waals surface area contributed by atoms with Crippen molar-refractivity contribution in [2.24, 2.45) is 0 Å². The van der Waals surface area contributed by atoms with Crippen LogP contribution in [-0.4, -0.2) is 30.5 Å². The summed E-state index contributed by atoms with van der Waals surface area (Å²) in [5.41, 5.74) is 3.45.